The molecule has 1 aliphatic rings. The molecule has 1 unspecified atom stereocenters. The van der Waals surface area contributed by atoms with Crippen molar-refractivity contribution in [3.05, 3.63) is 34.1 Å². The van der Waals surface area contributed by atoms with Gasteiger partial charge < -0.3 is 5.32 Å². The monoisotopic (exact) mass is 299 g/mol. The van der Waals surface area contributed by atoms with Crippen molar-refractivity contribution in [1.82, 2.24) is 5.32 Å². The Bertz CT molecular complexity index is 356. The van der Waals surface area contributed by atoms with Crippen molar-refractivity contribution < 1.29 is 4.39 Å². The molecule has 0 bridgehead atoms. The number of rotatable bonds is 6. The van der Waals surface area contributed by atoms with Gasteiger partial charge in [0.15, 0.2) is 0 Å². The first-order valence-electron chi connectivity index (χ1n) is 6.37. The second-order valence-electron chi connectivity index (χ2n) is 4.82. The Balaban J connectivity index is 1.91. The van der Waals surface area contributed by atoms with Crippen molar-refractivity contribution in [2.45, 2.75) is 38.6 Å². The van der Waals surface area contributed by atoms with Crippen LogP contribution < -0.4 is 5.32 Å². The van der Waals surface area contributed by atoms with E-state index in [9.17, 15) is 4.39 Å². The quantitative estimate of drug-likeness (QED) is 0.840. The minimum Gasteiger partial charge on any atom is -0.314 e. The lowest BCUT2D eigenvalue weighted by molar-refractivity contribution is 0.446. The third-order valence-corrected chi connectivity index (χ3v) is 3.78. The van der Waals surface area contributed by atoms with Crippen molar-refractivity contribution in [1.29, 1.82) is 0 Å². The van der Waals surface area contributed by atoms with Crippen LogP contribution in [0.15, 0.2) is 22.7 Å². The first kappa shape index (κ1) is 13.0. The highest BCUT2D eigenvalue weighted by molar-refractivity contribution is 9.10. The first-order valence-corrected chi connectivity index (χ1v) is 7.16. The molecular weight excluding hydrogens is 281 g/mol. The number of hydrogen-bond donors (Lipinski definition) is 1. The number of nitrogens with one attached hydrogen (secondary N) is 1. The molecule has 1 atom stereocenters. The van der Waals surface area contributed by atoms with Crippen LogP contribution in [0.1, 0.15) is 31.7 Å². The van der Waals surface area contributed by atoms with Gasteiger partial charge in [-0.3, -0.25) is 0 Å². The van der Waals surface area contributed by atoms with Crippen LogP contribution in [0.3, 0.4) is 0 Å². The molecule has 1 nitrogen and oxygen atoms in total. The SMILES string of the molecule is CCNC(CCc1cc(F)cc(Br)c1)C1CC1. The molecule has 0 spiro atoms. The molecule has 0 aliphatic heterocycles. The van der Waals surface area contributed by atoms with Crippen LogP contribution in [0.25, 0.3) is 0 Å². The van der Waals surface area contributed by atoms with Crippen molar-refractivity contribution in [3.8, 4) is 0 Å². The van der Waals surface area contributed by atoms with E-state index < -0.39 is 0 Å². The standard InChI is InChI=1S/C14H19BrFN/c1-2-17-14(11-4-5-11)6-3-10-7-12(15)9-13(16)8-10/h7-9,11,14,17H,2-6H2,1H3. The van der Waals surface area contributed by atoms with Crippen molar-refractivity contribution in [2.75, 3.05) is 6.54 Å². The Kier molecular flexibility index (Phi) is 4.57. The zero-order valence-corrected chi connectivity index (χ0v) is 11.8. The smallest absolute Gasteiger partial charge is 0.124 e. The Morgan fingerprint density at radius 2 is 2.18 bits per heavy atom. The maximum absolute atomic E-state index is 13.2. The van der Waals surface area contributed by atoms with Crippen LogP contribution in [0.5, 0.6) is 0 Å². The molecule has 1 aromatic carbocycles. The largest absolute Gasteiger partial charge is 0.314 e. The Hall–Kier alpha value is -0.410. The number of aryl methyl sites for hydroxylation is 1. The van der Waals surface area contributed by atoms with Gasteiger partial charge in [-0.25, -0.2) is 4.39 Å². The summed E-state index contributed by atoms with van der Waals surface area (Å²) in [6.45, 7) is 3.17. The van der Waals surface area contributed by atoms with Crippen LogP contribution in [0, 0.1) is 11.7 Å². The average molecular weight is 300 g/mol. The van der Waals surface area contributed by atoms with Crippen molar-refractivity contribution >= 4 is 15.9 Å². The summed E-state index contributed by atoms with van der Waals surface area (Å²) in [4.78, 5) is 0. The van der Waals surface area contributed by atoms with Crippen molar-refractivity contribution in [3.63, 3.8) is 0 Å². The summed E-state index contributed by atoms with van der Waals surface area (Å²) in [5, 5.41) is 3.54. The van der Waals surface area contributed by atoms with Gasteiger partial charge in [-0.15, -0.1) is 0 Å². The Morgan fingerprint density at radius 3 is 2.76 bits per heavy atom. The van der Waals surface area contributed by atoms with E-state index >= 15 is 0 Å². The minimum atomic E-state index is -0.152. The third-order valence-electron chi connectivity index (χ3n) is 3.32. The molecule has 1 aromatic rings. The fourth-order valence-electron chi connectivity index (χ4n) is 2.34. The van der Waals surface area contributed by atoms with Crippen molar-refractivity contribution in [2.24, 2.45) is 5.92 Å². The summed E-state index contributed by atoms with van der Waals surface area (Å²) in [6.07, 6.45) is 4.76. The Labute approximate surface area is 111 Å². The molecule has 1 aliphatic carbocycles. The second-order valence-corrected chi connectivity index (χ2v) is 5.73. The van der Waals surface area contributed by atoms with Crippen LogP contribution >= 0.6 is 15.9 Å². The van der Waals surface area contributed by atoms with Gasteiger partial charge in [0.05, 0.1) is 0 Å². The zero-order valence-electron chi connectivity index (χ0n) is 10.2. The molecule has 0 aromatic heterocycles. The maximum atomic E-state index is 13.2. The molecule has 1 N–H and O–H groups in total. The highest BCUT2D eigenvalue weighted by Crippen LogP contribution is 2.34. The van der Waals surface area contributed by atoms with E-state index in [1.807, 2.05) is 6.07 Å². The predicted octanol–water partition coefficient (Wildman–Crippen LogP) is 3.91. The maximum Gasteiger partial charge on any atom is 0.124 e. The molecule has 17 heavy (non-hydrogen) atoms. The summed E-state index contributed by atoms with van der Waals surface area (Å²) < 4.78 is 14.1. The number of halogens is 2. The van der Waals surface area contributed by atoms with E-state index in [1.54, 1.807) is 6.07 Å². The summed E-state index contributed by atoms with van der Waals surface area (Å²) in [5.41, 5.74) is 1.08. The summed E-state index contributed by atoms with van der Waals surface area (Å²) in [5.74, 6) is 0.702. The fraction of sp³-hybridized carbons (Fsp3) is 0.571. The molecule has 2 rings (SSSR count). The summed E-state index contributed by atoms with van der Waals surface area (Å²) in [6, 6.07) is 5.77. The lowest BCUT2D eigenvalue weighted by atomic mass is 10.0. The van der Waals surface area contributed by atoms with Crippen LogP contribution in [-0.4, -0.2) is 12.6 Å². The zero-order chi connectivity index (χ0) is 12.3. The first-order chi connectivity index (χ1) is 8.19. The molecule has 0 heterocycles. The highest BCUT2D eigenvalue weighted by Gasteiger charge is 2.29. The van der Waals surface area contributed by atoms with Gasteiger partial charge in [0, 0.05) is 10.5 Å². The van der Waals surface area contributed by atoms with E-state index in [4.69, 9.17) is 0 Å². The van der Waals surface area contributed by atoms with E-state index in [2.05, 4.69) is 28.2 Å². The molecule has 0 saturated heterocycles. The predicted molar refractivity (Wildman–Crippen MR) is 72.6 cm³/mol. The lowest BCUT2D eigenvalue weighted by Crippen LogP contribution is -2.31. The molecule has 94 valence electrons. The number of hydrogen-bond acceptors (Lipinski definition) is 1. The molecular formula is C14H19BrFN. The summed E-state index contributed by atoms with van der Waals surface area (Å²) >= 11 is 3.34. The third kappa shape index (κ3) is 4.07. The van der Waals surface area contributed by atoms with Gasteiger partial charge in [0.2, 0.25) is 0 Å². The van der Waals surface area contributed by atoms with Crippen LogP contribution in [0.4, 0.5) is 4.39 Å². The van der Waals surface area contributed by atoms with Crippen LogP contribution in [0.2, 0.25) is 0 Å². The average Bonchev–Trinajstić information content (AvgIpc) is 3.06. The summed E-state index contributed by atoms with van der Waals surface area (Å²) in [7, 11) is 0. The van der Waals surface area contributed by atoms with Gasteiger partial charge in [0.1, 0.15) is 5.82 Å². The van der Waals surface area contributed by atoms with Gasteiger partial charge in [0.25, 0.3) is 0 Å². The molecule has 1 saturated carbocycles. The van der Waals surface area contributed by atoms with Crippen LogP contribution in [-0.2, 0) is 6.42 Å². The van der Waals surface area contributed by atoms with Gasteiger partial charge in [-0.1, -0.05) is 22.9 Å². The molecule has 3 heteroatoms. The van der Waals surface area contributed by atoms with Gasteiger partial charge in [-0.2, -0.15) is 0 Å². The van der Waals surface area contributed by atoms with E-state index in [0.717, 1.165) is 35.3 Å². The second kappa shape index (κ2) is 5.96. The fourth-order valence-corrected chi connectivity index (χ4v) is 2.86. The molecule has 1 fully saturated rings. The highest BCUT2D eigenvalue weighted by atomic mass is 79.9. The number of benzene rings is 1. The topological polar surface area (TPSA) is 12.0 Å². The normalized spacial score (nSPS) is 17.1. The van der Waals surface area contributed by atoms with E-state index in [-0.39, 0.29) is 5.82 Å². The molecule has 0 radical (unpaired) electrons. The van der Waals surface area contributed by atoms with E-state index in [0.29, 0.717) is 6.04 Å². The van der Waals surface area contributed by atoms with Gasteiger partial charge in [-0.05, 0) is 61.9 Å². The molecule has 0 amide bonds. The van der Waals surface area contributed by atoms with Gasteiger partial charge >= 0.3 is 0 Å². The minimum absolute atomic E-state index is 0.152. The Morgan fingerprint density at radius 1 is 1.41 bits per heavy atom. The van der Waals surface area contributed by atoms with E-state index in [1.165, 1.54) is 18.9 Å². The lowest BCUT2D eigenvalue weighted by Gasteiger charge is -2.17.